The molecule has 1 aliphatic rings. The number of nitrogens with one attached hydrogen (secondary N) is 1. The summed E-state index contributed by atoms with van der Waals surface area (Å²) in [5.74, 6) is 1.27. The highest BCUT2D eigenvalue weighted by Crippen LogP contribution is 2.33. The molecule has 1 aliphatic heterocycles. The van der Waals surface area contributed by atoms with Gasteiger partial charge in [-0.15, -0.1) is 24.2 Å². The predicted molar refractivity (Wildman–Crippen MR) is 110 cm³/mol. The standard InChI is InChI=1S/C19H23ClN2OS.ClH/c1-21-11-14-5-4-10-22(12-14)18(23)13-24-17-9-3-7-15-6-2-8-16(20)19(15)17;/h2-3,6-9,14,21H,4-5,10-13H2,1H3;1H. The van der Waals surface area contributed by atoms with E-state index < -0.39 is 0 Å². The summed E-state index contributed by atoms with van der Waals surface area (Å²) in [5.41, 5.74) is 0. The third kappa shape index (κ3) is 5.04. The highest BCUT2D eigenvalue weighted by molar-refractivity contribution is 8.00. The fourth-order valence-electron chi connectivity index (χ4n) is 3.36. The van der Waals surface area contributed by atoms with Gasteiger partial charge in [0.1, 0.15) is 0 Å². The summed E-state index contributed by atoms with van der Waals surface area (Å²) in [6, 6.07) is 12.0. The summed E-state index contributed by atoms with van der Waals surface area (Å²) in [4.78, 5) is 15.7. The molecular formula is C19H24Cl2N2OS. The number of amides is 1. The summed E-state index contributed by atoms with van der Waals surface area (Å²) in [5, 5.41) is 6.13. The number of hydrogen-bond acceptors (Lipinski definition) is 3. The quantitative estimate of drug-likeness (QED) is 0.754. The zero-order chi connectivity index (χ0) is 16.9. The van der Waals surface area contributed by atoms with Gasteiger partial charge in [0, 0.05) is 28.4 Å². The second-order valence-corrected chi connectivity index (χ2v) is 7.71. The Morgan fingerprint density at radius 1 is 1.32 bits per heavy atom. The van der Waals surface area contributed by atoms with Gasteiger partial charge in [-0.25, -0.2) is 0 Å². The molecule has 1 amide bonds. The van der Waals surface area contributed by atoms with E-state index in [4.69, 9.17) is 11.6 Å². The average molecular weight is 399 g/mol. The zero-order valence-electron chi connectivity index (χ0n) is 14.3. The molecule has 3 nitrogen and oxygen atoms in total. The third-order valence-electron chi connectivity index (χ3n) is 4.53. The minimum Gasteiger partial charge on any atom is -0.342 e. The van der Waals surface area contributed by atoms with Gasteiger partial charge in [0.05, 0.1) is 5.75 Å². The number of likely N-dealkylation sites (tertiary alicyclic amines) is 1. The van der Waals surface area contributed by atoms with E-state index in [1.165, 1.54) is 6.42 Å². The minimum atomic E-state index is 0. The van der Waals surface area contributed by atoms with Crippen LogP contribution in [0.25, 0.3) is 10.8 Å². The lowest BCUT2D eigenvalue weighted by Crippen LogP contribution is -2.43. The summed E-state index contributed by atoms with van der Waals surface area (Å²) >= 11 is 7.95. The molecule has 0 saturated carbocycles. The van der Waals surface area contributed by atoms with Gasteiger partial charge in [0.25, 0.3) is 0 Å². The number of piperidine rings is 1. The van der Waals surface area contributed by atoms with E-state index in [9.17, 15) is 4.79 Å². The van der Waals surface area contributed by atoms with Gasteiger partial charge in [0.2, 0.25) is 5.91 Å². The molecule has 0 spiro atoms. The van der Waals surface area contributed by atoms with Crippen LogP contribution in [0.5, 0.6) is 0 Å². The van der Waals surface area contributed by atoms with Crippen molar-refractivity contribution in [2.24, 2.45) is 5.92 Å². The number of rotatable bonds is 5. The van der Waals surface area contributed by atoms with Crippen LogP contribution in [-0.4, -0.2) is 43.2 Å². The zero-order valence-corrected chi connectivity index (χ0v) is 16.7. The maximum absolute atomic E-state index is 12.6. The number of nitrogens with zero attached hydrogens (tertiary/aromatic N) is 1. The van der Waals surface area contributed by atoms with Crippen molar-refractivity contribution >= 4 is 52.4 Å². The van der Waals surface area contributed by atoms with Crippen LogP contribution in [0.2, 0.25) is 5.02 Å². The molecule has 0 aromatic heterocycles. The lowest BCUT2D eigenvalue weighted by molar-refractivity contribution is -0.130. The fourth-order valence-corrected chi connectivity index (χ4v) is 4.71. The maximum Gasteiger partial charge on any atom is 0.232 e. The third-order valence-corrected chi connectivity index (χ3v) is 5.89. The molecule has 0 aliphatic carbocycles. The molecule has 1 fully saturated rings. The topological polar surface area (TPSA) is 32.3 Å². The van der Waals surface area contributed by atoms with Crippen molar-refractivity contribution in [3.05, 3.63) is 41.4 Å². The van der Waals surface area contributed by atoms with Crippen LogP contribution < -0.4 is 5.32 Å². The van der Waals surface area contributed by atoms with E-state index in [2.05, 4.69) is 17.4 Å². The van der Waals surface area contributed by atoms with Crippen molar-refractivity contribution in [3.8, 4) is 0 Å². The van der Waals surface area contributed by atoms with Crippen molar-refractivity contribution in [1.29, 1.82) is 0 Å². The molecular weight excluding hydrogens is 375 g/mol. The molecule has 0 bridgehead atoms. The van der Waals surface area contributed by atoms with Gasteiger partial charge in [-0.05, 0) is 49.9 Å². The van der Waals surface area contributed by atoms with Gasteiger partial charge in [-0.1, -0.05) is 35.9 Å². The van der Waals surface area contributed by atoms with E-state index in [-0.39, 0.29) is 18.3 Å². The number of carbonyl (C=O) groups is 1. The Labute approximate surface area is 164 Å². The number of fused-ring (bicyclic) bond motifs is 1. The van der Waals surface area contributed by atoms with Crippen LogP contribution in [0.4, 0.5) is 0 Å². The first kappa shape index (κ1) is 20.4. The van der Waals surface area contributed by atoms with Crippen LogP contribution in [0.3, 0.4) is 0 Å². The molecule has 2 aromatic carbocycles. The van der Waals surface area contributed by atoms with Gasteiger partial charge in [0.15, 0.2) is 0 Å². The van der Waals surface area contributed by atoms with E-state index in [0.717, 1.165) is 46.7 Å². The smallest absolute Gasteiger partial charge is 0.232 e. The molecule has 136 valence electrons. The number of halogens is 2. The van der Waals surface area contributed by atoms with Crippen molar-refractivity contribution in [2.75, 3.05) is 32.4 Å². The van der Waals surface area contributed by atoms with Gasteiger partial charge in [-0.2, -0.15) is 0 Å². The van der Waals surface area contributed by atoms with Crippen molar-refractivity contribution < 1.29 is 4.79 Å². The Bertz CT molecular complexity index is 718. The van der Waals surface area contributed by atoms with Crippen molar-refractivity contribution in [3.63, 3.8) is 0 Å². The van der Waals surface area contributed by atoms with Crippen LogP contribution >= 0.6 is 35.8 Å². The first-order valence-electron chi connectivity index (χ1n) is 8.41. The summed E-state index contributed by atoms with van der Waals surface area (Å²) in [6.45, 7) is 2.74. The molecule has 1 atom stereocenters. The largest absolute Gasteiger partial charge is 0.342 e. The monoisotopic (exact) mass is 398 g/mol. The summed E-state index contributed by atoms with van der Waals surface area (Å²) in [6.07, 6.45) is 2.31. The maximum atomic E-state index is 12.6. The van der Waals surface area contributed by atoms with Crippen LogP contribution in [0.15, 0.2) is 41.3 Å². The van der Waals surface area contributed by atoms with E-state index in [1.54, 1.807) is 11.8 Å². The van der Waals surface area contributed by atoms with E-state index >= 15 is 0 Å². The molecule has 1 unspecified atom stereocenters. The van der Waals surface area contributed by atoms with Gasteiger partial charge in [-0.3, -0.25) is 4.79 Å². The number of benzene rings is 2. The summed E-state index contributed by atoms with van der Waals surface area (Å²) in [7, 11) is 1.97. The Kier molecular flexibility index (Phi) is 7.88. The molecule has 0 radical (unpaired) electrons. The van der Waals surface area contributed by atoms with Crippen molar-refractivity contribution in [1.82, 2.24) is 10.2 Å². The van der Waals surface area contributed by atoms with Crippen LogP contribution in [0, 0.1) is 5.92 Å². The van der Waals surface area contributed by atoms with Gasteiger partial charge < -0.3 is 10.2 Å². The second-order valence-electron chi connectivity index (χ2n) is 6.29. The minimum absolute atomic E-state index is 0. The molecule has 1 saturated heterocycles. The fraction of sp³-hybridized carbons (Fsp3) is 0.421. The van der Waals surface area contributed by atoms with Gasteiger partial charge >= 0.3 is 0 Å². The second kappa shape index (κ2) is 9.67. The van der Waals surface area contributed by atoms with E-state index in [1.807, 2.05) is 36.2 Å². The Morgan fingerprint density at radius 3 is 2.84 bits per heavy atom. The number of thioether (sulfide) groups is 1. The molecule has 6 heteroatoms. The molecule has 2 aromatic rings. The van der Waals surface area contributed by atoms with Crippen molar-refractivity contribution in [2.45, 2.75) is 17.7 Å². The highest BCUT2D eigenvalue weighted by atomic mass is 35.5. The van der Waals surface area contributed by atoms with E-state index in [0.29, 0.717) is 11.7 Å². The summed E-state index contributed by atoms with van der Waals surface area (Å²) < 4.78 is 0. The Morgan fingerprint density at radius 2 is 2.08 bits per heavy atom. The Balaban J connectivity index is 0.00000225. The molecule has 1 N–H and O–H groups in total. The first-order valence-corrected chi connectivity index (χ1v) is 9.78. The number of hydrogen-bond donors (Lipinski definition) is 1. The Hall–Kier alpha value is -0.940. The SMILES string of the molecule is CNCC1CCCN(C(=O)CSc2cccc3cccc(Cl)c23)C1.Cl. The highest BCUT2D eigenvalue weighted by Gasteiger charge is 2.23. The van der Waals surface area contributed by atoms with Crippen LogP contribution in [0.1, 0.15) is 12.8 Å². The molecule has 25 heavy (non-hydrogen) atoms. The lowest BCUT2D eigenvalue weighted by atomic mass is 9.98. The number of carbonyl (C=O) groups excluding carboxylic acids is 1. The lowest BCUT2D eigenvalue weighted by Gasteiger charge is -2.32. The average Bonchev–Trinajstić information content (AvgIpc) is 2.60. The predicted octanol–water partition coefficient (Wildman–Crippen LogP) is 4.47. The molecule has 3 rings (SSSR count). The van der Waals surface area contributed by atoms with Crippen LogP contribution in [-0.2, 0) is 4.79 Å². The first-order chi connectivity index (χ1) is 11.7. The molecule has 1 heterocycles. The normalized spacial score (nSPS) is 17.4.